The zero-order valence-electron chi connectivity index (χ0n) is 13.0. The van der Waals surface area contributed by atoms with Crippen LogP contribution in [0.15, 0.2) is 53.4 Å². The molecular weight excluding hydrogens is 298 g/mol. The second kappa shape index (κ2) is 6.83. The summed E-state index contributed by atoms with van der Waals surface area (Å²) >= 11 is 0. The fourth-order valence-corrected chi connectivity index (χ4v) is 3.28. The summed E-state index contributed by atoms with van der Waals surface area (Å²) in [6.07, 6.45) is 0.931. The molecule has 0 saturated heterocycles. The molecule has 0 fully saturated rings. The highest BCUT2D eigenvalue weighted by atomic mass is 32.2. The van der Waals surface area contributed by atoms with E-state index in [9.17, 15) is 8.42 Å². The average Bonchev–Trinajstić information content (AvgIpc) is 2.47. The second-order valence-corrected chi connectivity index (χ2v) is 7.23. The lowest BCUT2D eigenvalue weighted by Crippen LogP contribution is -2.13. The lowest BCUT2D eigenvalue weighted by atomic mass is 10.0. The molecule has 2 aromatic carbocycles. The Bertz CT molecular complexity index is 722. The number of rotatable bonds is 6. The smallest absolute Gasteiger partial charge is 0.262 e. The lowest BCUT2D eigenvalue weighted by molar-refractivity contribution is 0.417. The Balaban J connectivity index is 2.23. The maximum absolute atomic E-state index is 12.4. The first-order valence-corrected chi connectivity index (χ1v) is 8.65. The van der Waals surface area contributed by atoms with Gasteiger partial charge in [0, 0.05) is 0 Å². The van der Waals surface area contributed by atoms with Crippen molar-refractivity contribution in [3.63, 3.8) is 0 Å². The van der Waals surface area contributed by atoms with Gasteiger partial charge in [0.05, 0.1) is 17.7 Å². The van der Waals surface area contributed by atoms with Crippen LogP contribution >= 0.6 is 0 Å². The summed E-state index contributed by atoms with van der Waals surface area (Å²) < 4.78 is 32.6. The normalized spacial score (nSPS) is 11.5. The summed E-state index contributed by atoms with van der Waals surface area (Å²) in [5, 5.41) is 0. The van der Waals surface area contributed by atoms with E-state index in [-0.39, 0.29) is 4.90 Å². The first-order valence-electron chi connectivity index (χ1n) is 7.17. The molecule has 0 spiro atoms. The van der Waals surface area contributed by atoms with E-state index in [4.69, 9.17) is 4.74 Å². The molecular formula is C17H21NO3S. The molecule has 0 aliphatic heterocycles. The van der Waals surface area contributed by atoms with Crippen LogP contribution in [-0.4, -0.2) is 15.5 Å². The molecule has 0 aliphatic carbocycles. The summed E-state index contributed by atoms with van der Waals surface area (Å²) in [6.45, 7) is 4.27. The summed E-state index contributed by atoms with van der Waals surface area (Å²) in [4.78, 5) is 0.242. The van der Waals surface area contributed by atoms with Gasteiger partial charge in [-0.05, 0) is 42.2 Å². The third-order valence-corrected chi connectivity index (χ3v) is 4.61. The van der Waals surface area contributed by atoms with Gasteiger partial charge in [0.15, 0.2) is 0 Å². The highest BCUT2D eigenvalue weighted by Gasteiger charge is 2.16. The van der Waals surface area contributed by atoms with Gasteiger partial charge in [0.2, 0.25) is 0 Å². The molecule has 0 atom stereocenters. The molecule has 22 heavy (non-hydrogen) atoms. The van der Waals surface area contributed by atoms with Gasteiger partial charge in [-0.3, -0.25) is 4.72 Å². The third kappa shape index (κ3) is 4.01. The molecule has 0 heterocycles. The largest absolute Gasteiger partial charge is 0.495 e. The number of benzene rings is 2. The van der Waals surface area contributed by atoms with Gasteiger partial charge in [-0.15, -0.1) is 0 Å². The zero-order valence-corrected chi connectivity index (χ0v) is 13.9. The molecule has 0 aromatic heterocycles. The Kier molecular flexibility index (Phi) is 5.08. The van der Waals surface area contributed by atoms with Gasteiger partial charge in [-0.2, -0.15) is 0 Å². The van der Waals surface area contributed by atoms with Crippen LogP contribution in [0.2, 0.25) is 0 Å². The molecule has 1 N–H and O–H groups in total. The van der Waals surface area contributed by atoms with Gasteiger partial charge < -0.3 is 4.74 Å². The van der Waals surface area contributed by atoms with E-state index in [1.165, 1.54) is 7.11 Å². The van der Waals surface area contributed by atoms with Gasteiger partial charge >= 0.3 is 0 Å². The Morgan fingerprint density at radius 1 is 1.05 bits per heavy atom. The number of para-hydroxylation sites is 2. The molecule has 118 valence electrons. The first kappa shape index (κ1) is 16.4. The monoisotopic (exact) mass is 319 g/mol. The van der Waals surface area contributed by atoms with Crippen molar-refractivity contribution in [1.82, 2.24) is 0 Å². The number of methoxy groups -OCH3 is 1. The van der Waals surface area contributed by atoms with Crippen LogP contribution in [0.25, 0.3) is 0 Å². The van der Waals surface area contributed by atoms with E-state index in [2.05, 4.69) is 18.6 Å². The van der Waals surface area contributed by atoms with Crippen LogP contribution in [-0.2, 0) is 16.4 Å². The SMILES string of the molecule is COc1ccccc1NS(=O)(=O)c1ccc(CC(C)C)cc1. The topological polar surface area (TPSA) is 55.4 Å². The third-order valence-electron chi connectivity index (χ3n) is 3.23. The second-order valence-electron chi connectivity index (χ2n) is 5.55. The van der Waals surface area contributed by atoms with Crippen molar-refractivity contribution in [2.45, 2.75) is 25.2 Å². The molecule has 0 bridgehead atoms. The maximum atomic E-state index is 12.4. The Hall–Kier alpha value is -2.01. The Morgan fingerprint density at radius 2 is 1.68 bits per heavy atom. The van der Waals surface area contributed by atoms with E-state index >= 15 is 0 Å². The summed E-state index contributed by atoms with van der Waals surface area (Å²) in [5.41, 5.74) is 1.56. The van der Waals surface area contributed by atoms with Crippen molar-refractivity contribution in [2.75, 3.05) is 11.8 Å². The van der Waals surface area contributed by atoms with Crippen molar-refractivity contribution in [3.05, 3.63) is 54.1 Å². The van der Waals surface area contributed by atoms with Crippen molar-refractivity contribution in [2.24, 2.45) is 5.92 Å². The minimum atomic E-state index is -3.62. The highest BCUT2D eigenvalue weighted by molar-refractivity contribution is 7.92. The van der Waals surface area contributed by atoms with Crippen LogP contribution < -0.4 is 9.46 Å². The minimum absolute atomic E-state index is 0.242. The van der Waals surface area contributed by atoms with Crippen LogP contribution in [0, 0.1) is 5.92 Å². The van der Waals surface area contributed by atoms with Crippen LogP contribution in [0.4, 0.5) is 5.69 Å². The summed E-state index contributed by atoms with van der Waals surface area (Å²) in [6, 6.07) is 13.9. The molecule has 0 amide bonds. The number of hydrogen-bond acceptors (Lipinski definition) is 3. The number of sulfonamides is 1. The zero-order chi connectivity index (χ0) is 16.2. The summed E-state index contributed by atoms with van der Waals surface area (Å²) in [5.74, 6) is 1.02. The molecule has 5 heteroatoms. The van der Waals surface area contributed by atoms with Gasteiger partial charge in [0.25, 0.3) is 10.0 Å². The van der Waals surface area contributed by atoms with Crippen LogP contribution in [0.3, 0.4) is 0 Å². The molecule has 4 nitrogen and oxygen atoms in total. The molecule has 2 rings (SSSR count). The van der Waals surface area contributed by atoms with Crippen LogP contribution in [0.1, 0.15) is 19.4 Å². The number of nitrogens with one attached hydrogen (secondary N) is 1. The molecule has 0 aliphatic rings. The van der Waals surface area contributed by atoms with Crippen molar-refractivity contribution >= 4 is 15.7 Å². The highest BCUT2D eigenvalue weighted by Crippen LogP contribution is 2.26. The Labute approximate surface area is 132 Å². The van der Waals surface area contributed by atoms with E-state index in [0.717, 1.165) is 12.0 Å². The van der Waals surface area contributed by atoms with Gasteiger partial charge in [0.1, 0.15) is 5.75 Å². The van der Waals surface area contributed by atoms with E-state index in [1.54, 1.807) is 36.4 Å². The predicted octanol–water partition coefficient (Wildman–Crippen LogP) is 3.69. The van der Waals surface area contributed by atoms with E-state index in [1.807, 2.05) is 12.1 Å². The van der Waals surface area contributed by atoms with E-state index < -0.39 is 10.0 Å². The molecule has 2 aromatic rings. The predicted molar refractivity (Wildman–Crippen MR) is 88.8 cm³/mol. The maximum Gasteiger partial charge on any atom is 0.262 e. The molecule has 0 saturated carbocycles. The average molecular weight is 319 g/mol. The Morgan fingerprint density at radius 3 is 2.27 bits per heavy atom. The number of hydrogen-bond donors (Lipinski definition) is 1. The van der Waals surface area contributed by atoms with Crippen molar-refractivity contribution < 1.29 is 13.2 Å². The van der Waals surface area contributed by atoms with Crippen molar-refractivity contribution in [3.8, 4) is 5.75 Å². The quantitative estimate of drug-likeness (QED) is 0.883. The van der Waals surface area contributed by atoms with Gasteiger partial charge in [-0.1, -0.05) is 38.1 Å². The van der Waals surface area contributed by atoms with Gasteiger partial charge in [-0.25, -0.2) is 8.42 Å². The first-order chi connectivity index (χ1) is 10.4. The fourth-order valence-electron chi connectivity index (χ4n) is 2.21. The number of anilines is 1. The van der Waals surface area contributed by atoms with Crippen LogP contribution in [0.5, 0.6) is 5.75 Å². The van der Waals surface area contributed by atoms with E-state index in [0.29, 0.717) is 17.4 Å². The summed E-state index contributed by atoms with van der Waals surface area (Å²) in [7, 11) is -2.11. The lowest BCUT2D eigenvalue weighted by Gasteiger charge is -2.12. The fraction of sp³-hybridized carbons (Fsp3) is 0.294. The molecule has 0 unspecified atom stereocenters. The minimum Gasteiger partial charge on any atom is -0.495 e. The molecule has 0 radical (unpaired) electrons. The standard InChI is InChI=1S/C17H21NO3S/c1-13(2)12-14-8-10-15(11-9-14)22(19,20)18-16-6-4-5-7-17(16)21-3/h4-11,13,18H,12H2,1-3H3. The number of ether oxygens (including phenoxy) is 1. The van der Waals surface area contributed by atoms with Crippen molar-refractivity contribution in [1.29, 1.82) is 0 Å².